The zero-order valence-corrected chi connectivity index (χ0v) is 17.2. The maximum Gasteiger partial charge on any atom is 0.408 e. The first-order valence-electron chi connectivity index (χ1n) is 9.74. The number of ether oxygens (including phenoxy) is 1. The van der Waals surface area contributed by atoms with E-state index in [9.17, 15) is 9.59 Å². The Labute approximate surface area is 162 Å². The molecule has 1 aliphatic rings. The summed E-state index contributed by atoms with van der Waals surface area (Å²) in [4.78, 5) is 29.3. The molecule has 1 aromatic rings. The van der Waals surface area contributed by atoms with E-state index < -0.39 is 17.7 Å². The van der Waals surface area contributed by atoms with Crippen LogP contribution in [0.15, 0.2) is 30.3 Å². The van der Waals surface area contributed by atoms with E-state index in [1.165, 1.54) is 5.69 Å². The van der Waals surface area contributed by atoms with Gasteiger partial charge in [-0.25, -0.2) is 4.79 Å². The quantitative estimate of drug-likeness (QED) is 0.858. The number of alkyl carbamates (subject to hydrolysis) is 1. The Morgan fingerprint density at radius 3 is 2.19 bits per heavy atom. The van der Waals surface area contributed by atoms with Gasteiger partial charge in [-0.2, -0.15) is 0 Å². The molecule has 1 saturated heterocycles. The largest absolute Gasteiger partial charge is 0.444 e. The van der Waals surface area contributed by atoms with Crippen LogP contribution in [0.2, 0.25) is 0 Å². The number of hydrogen-bond acceptors (Lipinski definition) is 4. The van der Waals surface area contributed by atoms with Gasteiger partial charge in [-0.1, -0.05) is 32.0 Å². The molecule has 1 fully saturated rings. The number of hydrogen-bond donors (Lipinski definition) is 1. The first-order chi connectivity index (χ1) is 12.7. The highest BCUT2D eigenvalue weighted by atomic mass is 16.6. The summed E-state index contributed by atoms with van der Waals surface area (Å²) < 4.78 is 5.33. The molecule has 2 rings (SSSR count). The normalized spacial score (nSPS) is 16.2. The van der Waals surface area contributed by atoms with Gasteiger partial charge in [0.1, 0.15) is 11.6 Å². The van der Waals surface area contributed by atoms with Crippen LogP contribution in [0.1, 0.15) is 41.0 Å². The molecule has 1 unspecified atom stereocenters. The van der Waals surface area contributed by atoms with Crippen LogP contribution in [-0.4, -0.2) is 54.7 Å². The summed E-state index contributed by atoms with van der Waals surface area (Å²) in [6, 6.07) is 9.67. The number of carbonyl (C=O) groups excluding carboxylic acids is 2. The van der Waals surface area contributed by atoms with Crippen molar-refractivity contribution < 1.29 is 14.3 Å². The van der Waals surface area contributed by atoms with Crippen LogP contribution >= 0.6 is 0 Å². The van der Waals surface area contributed by atoms with E-state index in [1.807, 2.05) is 57.7 Å². The second kappa shape index (κ2) is 9.11. The second-order valence-corrected chi connectivity index (χ2v) is 8.48. The van der Waals surface area contributed by atoms with Crippen molar-refractivity contribution in [1.29, 1.82) is 0 Å². The summed E-state index contributed by atoms with van der Waals surface area (Å²) in [7, 11) is 0. The Balaban J connectivity index is 1.96. The topological polar surface area (TPSA) is 61.9 Å². The SMILES string of the molecule is CC(C)CC(NC(=O)OC(C)(C)C)C(=O)N1CCN(c2ccccc2)CC1. The molecule has 150 valence electrons. The molecular weight excluding hydrogens is 342 g/mol. The minimum atomic E-state index is -0.586. The summed E-state index contributed by atoms with van der Waals surface area (Å²) in [6.45, 7) is 12.4. The van der Waals surface area contributed by atoms with Gasteiger partial charge in [0.05, 0.1) is 0 Å². The lowest BCUT2D eigenvalue weighted by Gasteiger charge is -2.38. The highest BCUT2D eigenvalue weighted by Gasteiger charge is 2.30. The fourth-order valence-electron chi connectivity index (χ4n) is 3.19. The molecule has 1 aromatic carbocycles. The van der Waals surface area contributed by atoms with Crippen molar-refractivity contribution in [1.82, 2.24) is 10.2 Å². The maximum atomic E-state index is 13.0. The Morgan fingerprint density at radius 2 is 1.67 bits per heavy atom. The standard InChI is InChI=1S/C21H33N3O3/c1-16(2)15-18(22-20(26)27-21(3,4)5)19(25)24-13-11-23(12-14-24)17-9-7-6-8-10-17/h6-10,16,18H,11-15H2,1-5H3,(H,22,26). The molecule has 0 aliphatic carbocycles. The first kappa shape index (κ1) is 21.1. The second-order valence-electron chi connectivity index (χ2n) is 8.48. The fourth-order valence-corrected chi connectivity index (χ4v) is 3.19. The van der Waals surface area contributed by atoms with Crippen LogP contribution < -0.4 is 10.2 Å². The van der Waals surface area contributed by atoms with Gasteiger partial charge in [-0.15, -0.1) is 0 Å². The Bertz CT molecular complexity index is 617. The van der Waals surface area contributed by atoms with E-state index in [0.29, 0.717) is 25.4 Å². The van der Waals surface area contributed by atoms with Crippen molar-refractivity contribution in [3.63, 3.8) is 0 Å². The van der Waals surface area contributed by atoms with E-state index in [0.717, 1.165) is 13.1 Å². The Kier molecular flexibility index (Phi) is 7.11. The zero-order valence-electron chi connectivity index (χ0n) is 17.2. The van der Waals surface area contributed by atoms with Crippen LogP contribution in [0.5, 0.6) is 0 Å². The molecular formula is C21H33N3O3. The van der Waals surface area contributed by atoms with Crippen molar-refractivity contribution in [2.75, 3.05) is 31.1 Å². The molecule has 0 bridgehead atoms. The molecule has 2 amide bonds. The smallest absolute Gasteiger partial charge is 0.408 e. The highest BCUT2D eigenvalue weighted by molar-refractivity contribution is 5.86. The van der Waals surface area contributed by atoms with Crippen LogP contribution in [0.25, 0.3) is 0 Å². The molecule has 0 spiro atoms. The van der Waals surface area contributed by atoms with E-state index in [4.69, 9.17) is 4.74 Å². The number of amides is 2. The highest BCUT2D eigenvalue weighted by Crippen LogP contribution is 2.17. The first-order valence-corrected chi connectivity index (χ1v) is 9.74. The van der Waals surface area contributed by atoms with Gasteiger partial charge >= 0.3 is 6.09 Å². The molecule has 1 N–H and O–H groups in total. The van der Waals surface area contributed by atoms with Crippen LogP contribution in [0.3, 0.4) is 0 Å². The molecule has 6 heteroatoms. The van der Waals surface area contributed by atoms with E-state index in [-0.39, 0.29) is 5.91 Å². The number of anilines is 1. The number of rotatable bonds is 5. The van der Waals surface area contributed by atoms with Gasteiger partial charge in [0.2, 0.25) is 5.91 Å². The minimum absolute atomic E-state index is 0.0257. The van der Waals surface area contributed by atoms with Gasteiger partial charge < -0.3 is 19.9 Å². The third-order valence-electron chi connectivity index (χ3n) is 4.41. The van der Waals surface area contributed by atoms with E-state index in [1.54, 1.807) is 0 Å². The molecule has 1 atom stereocenters. The lowest BCUT2D eigenvalue weighted by Crippen LogP contribution is -2.55. The van der Waals surface area contributed by atoms with Crippen molar-refractivity contribution in [2.45, 2.75) is 52.7 Å². The van der Waals surface area contributed by atoms with Crippen molar-refractivity contribution in [3.05, 3.63) is 30.3 Å². The van der Waals surface area contributed by atoms with Crippen molar-refractivity contribution in [2.24, 2.45) is 5.92 Å². The van der Waals surface area contributed by atoms with Gasteiger partial charge in [0.25, 0.3) is 0 Å². The summed E-state index contributed by atoms with van der Waals surface area (Å²) in [5, 5.41) is 2.78. The summed E-state index contributed by atoms with van der Waals surface area (Å²) in [5.74, 6) is 0.266. The third kappa shape index (κ3) is 6.77. The monoisotopic (exact) mass is 375 g/mol. The molecule has 0 saturated carbocycles. The van der Waals surface area contributed by atoms with Gasteiger partial charge in [-0.3, -0.25) is 4.79 Å². The average molecular weight is 376 g/mol. The predicted octanol–water partition coefficient (Wildman–Crippen LogP) is 3.27. The maximum absolute atomic E-state index is 13.0. The fraction of sp³-hybridized carbons (Fsp3) is 0.619. The number of para-hydroxylation sites is 1. The van der Waals surface area contributed by atoms with Crippen LogP contribution in [0.4, 0.5) is 10.5 Å². The lowest BCUT2D eigenvalue weighted by molar-refractivity contribution is -0.134. The van der Waals surface area contributed by atoms with Gasteiger partial charge in [0.15, 0.2) is 0 Å². The summed E-state index contributed by atoms with van der Waals surface area (Å²) in [5.41, 5.74) is 0.590. The predicted molar refractivity (Wildman–Crippen MR) is 108 cm³/mol. The molecule has 0 aromatic heterocycles. The Morgan fingerprint density at radius 1 is 1.07 bits per heavy atom. The number of piperazine rings is 1. The van der Waals surface area contributed by atoms with Crippen LogP contribution in [0, 0.1) is 5.92 Å². The van der Waals surface area contributed by atoms with E-state index >= 15 is 0 Å². The average Bonchev–Trinajstić information content (AvgIpc) is 2.59. The molecule has 1 aliphatic heterocycles. The number of carbonyl (C=O) groups is 2. The van der Waals surface area contributed by atoms with E-state index in [2.05, 4.69) is 22.3 Å². The molecule has 6 nitrogen and oxygen atoms in total. The molecule has 0 radical (unpaired) electrons. The summed E-state index contributed by atoms with van der Waals surface area (Å²) in [6.07, 6.45) is 0.0566. The zero-order chi connectivity index (χ0) is 20.0. The molecule has 1 heterocycles. The third-order valence-corrected chi connectivity index (χ3v) is 4.41. The molecule has 27 heavy (non-hydrogen) atoms. The van der Waals surface area contributed by atoms with Crippen molar-refractivity contribution in [3.8, 4) is 0 Å². The van der Waals surface area contributed by atoms with Gasteiger partial charge in [-0.05, 0) is 45.2 Å². The van der Waals surface area contributed by atoms with Gasteiger partial charge in [0, 0.05) is 31.9 Å². The minimum Gasteiger partial charge on any atom is -0.444 e. The van der Waals surface area contributed by atoms with Crippen molar-refractivity contribution >= 4 is 17.7 Å². The Hall–Kier alpha value is -2.24. The number of nitrogens with one attached hydrogen (secondary N) is 1. The number of nitrogens with zero attached hydrogens (tertiary/aromatic N) is 2. The summed E-state index contributed by atoms with van der Waals surface area (Å²) >= 11 is 0. The van der Waals surface area contributed by atoms with Crippen LogP contribution in [-0.2, 0) is 9.53 Å². The lowest BCUT2D eigenvalue weighted by atomic mass is 10.0. The number of benzene rings is 1.